The quantitative estimate of drug-likeness (QED) is 0.194. The van der Waals surface area contributed by atoms with Crippen molar-refractivity contribution in [2.75, 3.05) is 5.73 Å². The average molecular weight is 381 g/mol. The topological polar surface area (TPSA) is 81.5 Å². The van der Waals surface area contributed by atoms with E-state index in [1.807, 2.05) is 48.5 Å². The molecule has 0 radical (unpaired) electrons. The smallest absolute Gasteiger partial charge is 0.278 e. The van der Waals surface area contributed by atoms with Gasteiger partial charge in [-0.3, -0.25) is 15.1 Å². The zero-order valence-corrected chi connectivity index (χ0v) is 15.2. The van der Waals surface area contributed by atoms with Crippen LogP contribution >= 0.6 is 21.6 Å². The fourth-order valence-corrected chi connectivity index (χ4v) is 4.05. The predicted molar refractivity (Wildman–Crippen MR) is 109 cm³/mol. The lowest BCUT2D eigenvalue weighted by molar-refractivity contribution is -0.385. The Labute approximate surface area is 158 Å². The Hall–Kier alpha value is -2.77. The van der Waals surface area contributed by atoms with Crippen LogP contribution in [-0.2, 0) is 0 Å². The number of rotatable bonds is 6. The van der Waals surface area contributed by atoms with E-state index in [-0.39, 0.29) is 5.69 Å². The number of anilines is 1. The Bertz CT molecular complexity index is 926. The van der Waals surface area contributed by atoms with Gasteiger partial charge in [0.2, 0.25) is 0 Å². The minimum Gasteiger partial charge on any atom is -0.399 e. The van der Waals surface area contributed by atoms with E-state index in [4.69, 9.17) is 5.73 Å². The van der Waals surface area contributed by atoms with Crippen molar-refractivity contribution >= 4 is 44.9 Å². The third-order valence-corrected chi connectivity index (χ3v) is 5.85. The Morgan fingerprint density at radius 1 is 0.885 bits per heavy atom. The van der Waals surface area contributed by atoms with Gasteiger partial charge in [-0.15, -0.1) is 0 Å². The first-order chi connectivity index (χ1) is 12.6. The highest BCUT2D eigenvalue weighted by atomic mass is 33.1. The van der Waals surface area contributed by atoms with Crippen molar-refractivity contribution in [1.29, 1.82) is 0 Å². The lowest BCUT2D eigenvalue weighted by Gasteiger charge is -2.02. The fourth-order valence-electron chi connectivity index (χ4n) is 2.11. The van der Waals surface area contributed by atoms with Gasteiger partial charge in [0.1, 0.15) is 0 Å². The average Bonchev–Trinajstić information content (AvgIpc) is 2.67. The molecule has 0 aliphatic heterocycles. The first kappa shape index (κ1) is 18.0. The van der Waals surface area contributed by atoms with Crippen molar-refractivity contribution in [2.24, 2.45) is 4.99 Å². The number of benzene rings is 3. The number of nitrogens with zero attached hydrogens (tertiary/aromatic N) is 2. The van der Waals surface area contributed by atoms with Crippen LogP contribution in [0.25, 0.3) is 0 Å². The van der Waals surface area contributed by atoms with Gasteiger partial charge < -0.3 is 5.73 Å². The van der Waals surface area contributed by atoms with E-state index in [1.165, 1.54) is 12.3 Å². The molecule has 130 valence electrons. The third-order valence-electron chi connectivity index (χ3n) is 3.44. The number of nitro benzene ring substituents is 1. The summed E-state index contributed by atoms with van der Waals surface area (Å²) in [5, 5.41) is 11.0. The number of nitrogens with two attached hydrogens (primary N) is 1. The summed E-state index contributed by atoms with van der Waals surface area (Å²) in [6.07, 6.45) is 1.52. The molecule has 5 nitrogen and oxygen atoms in total. The number of para-hydroxylation sites is 1. The zero-order chi connectivity index (χ0) is 18.4. The largest absolute Gasteiger partial charge is 0.399 e. The molecule has 0 bridgehead atoms. The van der Waals surface area contributed by atoms with E-state index in [0.717, 1.165) is 21.2 Å². The predicted octanol–water partition coefficient (Wildman–Crippen LogP) is 5.73. The number of aliphatic imine (C=N–C) groups is 1. The summed E-state index contributed by atoms with van der Waals surface area (Å²) in [5.41, 5.74) is 7.70. The molecular weight excluding hydrogens is 366 g/mol. The van der Waals surface area contributed by atoms with E-state index in [0.29, 0.717) is 5.56 Å². The van der Waals surface area contributed by atoms with Crippen LogP contribution in [0.5, 0.6) is 0 Å². The molecule has 0 unspecified atom stereocenters. The summed E-state index contributed by atoms with van der Waals surface area (Å²) < 4.78 is 0. The van der Waals surface area contributed by atoms with Crippen LogP contribution in [-0.4, -0.2) is 11.1 Å². The van der Waals surface area contributed by atoms with E-state index in [2.05, 4.69) is 4.99 Å². The molecular formula is C19H15N3O2S2. The third kappa shape index (κ3) is 4.87. The second-order valence-electron chi connectivity index (χ2n) is 5.30. The molecule has 0 aliphatic carbocycles. The van der Waals surface area contributed by atoms with Gasteiger partial charge in [0.25, 0.3) is 5.69 Å². The Morgan fingerprint density at radius 3 is 2.08 bits per heavy atom. The molecule has 26 heavy (non-hydrogen) atoms. The van der Waals surface area contributed by atoms with Gasteiger partial charge in [0.15, 0.2) is 0 Å². The molecule has 3 aromatic rings. The first-order valence-corrected chi connectivity index (χ1v) is 9.84. The van der Waals surface area contributed by atoms with Gasteiger partial charge in [-0.1, -0.05) is 33.7 Å². The highest BCUT2D eigenvalue weighted by molar-refractivity contribution is 8.76. The lowest BCUT2D eigenvalue weighted by atomic mass is 10.2. The summed E-state index contributed by atoms with van der Waals surface area (Å²) in [6, 6.07) is 22.0. The highest BCUT2D eigenvalue weighted by Gasteiger charge is 2.09. The summed E-state index contributed by atoms with van der Waals surface area (Å²) in [5.74, 6) is 0. The van der Waals surface area contributed by atoms with Crippen LogP contribution in [0.4, 0.5) is 17.1 Å². The van der Waals surface area contributed by atoms with E-state index in [9.17, 15) is 10.1 Å². The summed E-state index contributed by atoms with van der Waals surface area (Å²) >= 11 is 0. The van der Waals surface area contributed by atoms with Crippen LogP contribution in [0, 0.1) is 10.1 Å². The monoisotopic (exact) mass is 381 g/mol. The maximum atomic E-state index is 11.0. The van der Waals surface area contributed by atoms with Gasteiger partial charge in [-0.2, -0.15) is 0 Å². The number of nitro groups is 1. The Kier molecular flexibility index (Phi) is 5.93. The van der Waals surface area contributed by atoms with E-state index >= 15 is 0 Å². The maximum Gasteiger partial charge on any atom is 0.278 e. The van der Waals surface area contributed by atoms with Crippen molar-refractivity contribution in [1.82, 2.24) is 0 Å². The van der Waals surface area contributed by atoms with Crippen molar-refractivity contribution in [2.45, 2.75) is 9.79 Å². The van der Waals surface area contributed by atoms with Gasteiger partial charge in [0.05, 0.1) is 16.2 Å². The molecule has 0 heterocycles. The fraction of sp³-hybridized carbons (Fsp3) is 0. The normalized spacial score (nSPS) is 10.9. The lowest BCUT2D eigenvalue weighted by Crippen LogP contribution is -1.93. The second kappa shape index (κ2) is 8.55. The molecule has 0 spiro atoms. The van der Waals surface area contributed by atoms with Gasteiger partial charge in [-0.05, 0) is 54.6 Å². The van der Waals surface area contributed by atoms with Crippen molar-refractivity contribution in [3.05, 3.63) is 88.5 Å². The molecule has 0 aliphatic rings. The van der Waals surface area contributed by atoms with Crippen LogP contribution in [0.2, 0.25) is 0 Å². The zero-order valence-electron chi connectivity index (χ0n) is 13.6. The minimum absolute atomic E-state index is 0.0447. The second-order valence-corrected chi connectivity index (χ2v) is 7.58. The Morgan fingerprint density at radius 2 is 1.46 bits per heavy atom. The molecule has 7 heteroatoms. The van der Waals surface area contributed by atoms with Gasteiger partial charge >= 0.3 is 0 Å². The number of hydrogen-bond donors (Lipinski definition) is 1. The van der Waals surface area contributed by atoms with Crippen LogP contribution in [0.15, 0.2) is 87.6 Å². The molecule has 2 N–H and O–H groups in total. The standard InChI is InChI=1S/C19H15N3O2S2/c20-15-5-9-17(10-6-15)25-26-18-11-7-16(8-12-18)21-13-14-3-1-2-4-19(14)22(23)24/h1-13H,20H2. The highest BCUT2D eigenvalue weighted by Crippen LogP contribution is 2.38. The number of nitrogen functional groups attached to an aromatic ring is 1. The molecule has 3 rings (SSSR count). The van der Waals surface area contributed by atoms with Crippen molar-refractivity contribution < 1.29 is 4.92 Å². The van der Waals surface area contributed by atoms with Gasteiger partial charge in [-0.25, -0.2) is 0 Å². The van der Waals surface area contributed by atoms with Crippen LogP contribution < -0.4 is 5.73 Å². The Balaban J connectivity index is 1.64. The van der Waals surface area contributed by atoms with Crippen LogP contribution in [0.3, 0.4) is 0 Å². The summed E-state index contributed by atoms with van der Waals surface area (Å²) in [7, 11) is 3.29. The van der Waals surface area contributed by atoms with Crippen LogP contribution in [0.1, 0.15) is 5.56 Å². The molecule has 0 amide bonds. The molecule has 0 saturated carbocycles. The van der Waals surface area contributed by atoms with Crippen molar-refractivity contribution in [3.8, 4) is 0 Å². The molecule has 0 aromatic heterocycles. The molecule has 0 saturated heterocycles. The van der Waals surface area contributed by atoms with E-state index < -0.39 is 4.92 Å². The molecule has 0 atom stereocenters. The summed E-state index contributed by atoms with van der Waals surface area (Å²) in [4.78, 5) is 17.2. The molecule has 3 aromatic carbocycles. The molecule has 0 fully saturated rings. The van der Waals surface area contributed by atoms with E-state index in [1.54, 1.807) is 39.8 Å². The minimum atomic E-state index is -0.407. The maximum absolute atomic E-state index is 11.0. The number of hydrogen-bond acceptors (Lipinski definition) is 6. The van der Waals surface area contributed by atoms with Crippen molar-refractivity contribution in [3.63, 3.8) is 0 Å². The first-order valence-electron chi connectivity index (χ1n) is 7.69. The SMILES string of the molecule is Nc1ccc(SSc2ccc(N=Cc3ccccc3[N+](=O)[O-])cc2)cc1. The summed E-state index contributed by atoms with van der Waals surface area (Å²) in [6.45, 7) is 0. The van der Waals surface area contributed by atoms with Gasteiger partial charge in [0, 0.05) is 27.8 Å².